The van der Waals surface area contributed by atoms with Gasteiger partial charge in [0, 0.05) is 32.0 Å². The van der Waals surface area contributed by atoms with E-state index < -0.39 is 10.8 Å². The Balaban J connectivity index is 1.68. The van der Waals surface area contributed by atoms with E-state index in [4.69, 9.17) is 10.5 Å². The largest absolute Gasteiger partial charge is 0.381 e. The number of carbonyl (C=O) groups excluding carboxylic acids is 2. The number of nitrogens with two attached hydrogens (primary N) is 1. The number of ether oxygens (including phenoxy) is 1. The van der Waals surface area contributed by atoms with Gasteiger partial charge in [0.05, 0.1) is 10.8 Å². The van der Waals surface area contributed by atoms with E-state index in [-0.39, 0.29) is 11.8 Å². The second-order valence-electron chi connectivity index (χ2n) is 8.52. The smallest absolute Gasteiger partial charge is 0.232 e. The molecule has 1 heterocycles. The molecule has 1 saturated carbocycles. The van der Waals surface area contributed by atoms with E-state index in [1.165, 1.54) is 5.56 Å². The molecular formula is C22H33N3O3. The molecule has 0 unspecified atom stereocenters. The molecule has 1 aromatic carbocycles. The van der Waals surface area contributed by atoms with Crippen molar-refractivity contribution < 1.29 is 14.3 Å². The van der Waals surface area contributed by atoms with E-state index >= 15 is 0 Å². The molecule has 2 fully saturated rings. The van der Waals surface area contributed by atoms with Gasteiger partial charge in [0.1, 0.15) is 0 Å². The predicted molar refractivity (Wildman–Crippen MR) is 110 cm³/mol. The Morgan fingerprint density at radius 1 is 1.00 bits per heavy atom. The number of amides is 2. The Labute approximate surface area is 167 Å². The molecular weight excluding hydrogens is 354 g/mol. The summed E-state index contributed by atoms with van der Waals surface area (Å²) in [7, 11) is 0. The first-order valence-electron chi connectivity index (χ1n) is 10.4. The van der Waals surface area contributed by atoms with Crippen LogP contribution in [0.25, 0.3) is 0 Å². The Kier molecular flexibility index (Phi) is 6.40. The van der Waals surface area contributed by atoms with Crippen molar-refractivity contribution in [2.24, 2.45) is 16.6 Å². The lowest BCUT2D eigenvalue weighted by atomic mass is 9.78. The number of aryl methyl sites for hydroxylation is 2. The van der Waals surface area contributed by atoms with Gasteiger partial charge in [-0.1, -0.05) is 18.9 Å². The zero-order chi connectivity index (χ0) is 20.2. The number of carbonyl (C=O) groups is 2. The molecule has 0 aromatic heterocycles. The average Bonchev–Trinajstić information content (AvgIpc) is 3.20. The maximum absolute atomic E-state index is 13.2. The predicted octanol–water partition coefficient (Wildman–Crippen LogP) is 2.67. The van der Waals surface area contributed by atoms with E-state index in [1.54, 1.807) is 0 Å². The molecule has 1 aliphatic heterocycles. The summed E-state index contributed by atoms with van der Waals surface area (Å²) in [6.07, 6.45) is 4.87. The van der Waals surface area contributed by atoms with Crippen molar-refractivity contribution in [1.29, 1.82) is 0 Å². The second kappa shape index (κ2) is 8.62. The van der Waals surface area contributed by atoms with Crippen molar-refractivity contribution in [1.82, 2.24) is 5.32 Å². The van der Waals surface area contributed by atoms with Crippen LogP contribution in [0.3, 0.4) is 0 Å². The van der Waals surface area contributed by atoms with Gasteiger partial charge < -0.3 is 21.1 Å². The van der Waals surface area contributed by atoms with Crippen LogP contribution in [0.1, 0.15) is 49.7 Å². The minimum absolute atomic E-state index is 0.00216. The number of hydrogen-bond acceptors (Lipinski definition) is 4. The maximum atomic E-state index is 13.2. The van der Waals surface area contributed by atoms with Crippen LogP contribution in [0.15, 0.2) is 18.2 Å². The van der Waals surface area contributed by atoms with E-state index in [2.05, 4.69) is 17.6 Å². The maximum Gasteiger partial charge on any atom is 0.232 e. The summed E-state index contributed by atoms with van der Waals surface area (Å²) >= 11 is 0. The minimum Gasteiger partial charge on any atom is -0.381 e. The quantitative estimate of drug-likeness (QED) is 0.700. The molecule has 6 heteroatoms. The molecule has 1 aliphatic carbocycles. The normalized spacial score (nSPS) is 20.5. The molecule has 1 saturated heterocycles. The summed E-state index contributed by atoms with van der Waals surface area (Å²) in [4.78, 5) is 26.1. The van der Waals surface area contributed by atoms with Crippen LogP contribution >= 0.6 is 0 Å². The first-order valence-corrected chi connectivity index (χ1v) is 10.4. The van der Waals surface area contributed by atoms with Crippen LogP contribution in [0.5, 0.6) is 0 Å². The molecule has 1 aromatic rings. The first kappa shape index (κ1) is 20.8. The molecule has 0 bridgehead atoms. The van der Waals surface area contributed by atoms with E-state index in [0.29, 0.717) is 39.1 Å². The fourth-order valence-corrected chi connectivity index (χ4v) is 4.34. The summed E-state index contributed by atoms with van der Waals surface area (Å²) < 4.78 is 5.40. The van der Waals surface area contributed by atoms with E-state index in [1.807, 2.05) is 25.1 Å². The number of rotatable bonds is 6. The van der Waals surface area contributed by atoms with Crippen LogP contribution in [0.4, 0.5) is 5.69 Å². The van der Waals surface area contributed by atoms with Crippen molar-refractivity contribution in [3.05, 3.63) is 29.3 Å². The monoisotopic (exact) mass is 387 g/mol. The van der Waals surface area contributed by atoms with Gasteiger partial charge in [0.15, 0.2) is 0 Å². The Bertz CT molecular complexity index is 720. The van der Waals surface area contributed by atoms with Crippen molar-refractivity contribution in [2.75, 3.05) is 31.6 Å². The highest BCUT2D eigenvalue weighted by Gasteiger charge is 2.44. The van der Waals surface area contributed by atoms with Gasteiger partial charge in [-0.05, 0) is 62.8 Å². The first-order chi connectivity index (χ1) is 13.4. The Morgan fingerprint density at radius 3 is 2.29 bits per heavy atom. The molecule has 154 valence electrons. The van der Waals surface area contributed by atoms with Crippen molar-refractivity contribution in [3.8, 4) is 0 Å². The van der Waals surface area contributed by atoms with Gasteiger partial charge in [-0.25, -0.2) is 0 Å². The van der Waals surface area contributed by atoms with Crippen molar-refractivity contribution in [2.45, 2.75) is 52.4 Å². The third-order valence-electron chi connectivity index (χ3n) is 6.72. The minimum atomic E-state index is -0.567. The number of hydrogen-bond donors (Lipinski definition) is 3. The summed E-state index contributed by atoms with van der Waals surface area (Å²) in [6, 6.07) is 5.96. The van der Waals surface area contributed by atoms with Gasteiger partial charge in [0.25, 0.3) is 0 Å². The van der Waals surface area contributed by atoms with E-state index in [9.17, 15) is 9.59 Å². The van der Waals surface area contributed by atoms with Crippen LogP contribution in [0, 0.1) is 24.7 Å². The highest BCUT2D eigenvalue weighted by atomic mass is 16.5. The fourth-order valence-electron chi connectivity index (χ4n) is 4.34. The molecule has 28 heavy (non-hydrogen) atoms. The third kappa shape index (κ3) is 4.23. The van der Waals surface area contributed by atoms with Gasteiger partial charge in [0.2, 0.25) is 11.8 Å². The molecule has 2 amide bonds. The zero-order valence-electron chi connectivity index (χ0n) is 17.1. The van der Waals surface area contributed by atoms with Crippen molar-refractivity contribution in [3.63, 3.8) is 0 Å². The SMILES string of the molecule is Cc1ccc(NC(=O)C2(CNC(=O)C3(CN)CCOCC3)CCCC2)cc1C. The van der Waals surface area contributed by atoms with Gasteiger partial charge in [-0.3, -0.25) is 9.59 Å². The number of anilines is 1. The topological polar surface area (TPSA) is 93.5 Å². The lowest BCUT2D eigenvalue weighted by molar-refractivity contribution is -0.137. The van der Waals surface area contributed by atoms with E-state index in [0.717, 1.165) is 36.9 Å². The Morgan fingerprint density at radius 2 is 1.68 bits per heavy atom. The van der Waals surface area contributed by atoms with Gasteiger partial charge in [-0.15, -0.1) is 0 Å². The summed E-state index contributed by atoms with van der Waals surface area (Å²) in [6.45, 7) is 5.89. The third-order valence-corrected chi connectivity index (χ3v) is 6.72. The molecule has 6 nitrogen and oxygen atoms in total. The van der Waals surface area contributed by atoms with Crippen LogP contribution in [-0.4, -0.2) is 38.1 Å². The standard InChI is InChI=1S/C22H33N3O3/c1-16-5-6-18(13-17(16)2)25-20(27)22(7-3-4-8-22)15-24-19(26)21(14-23)9-11-28-12-10-21/h5-6,13H,3-4,7-12,14-15,23H2,1-2H3,(H,24,26)(H,25,27). The number of nitrogens with one attached hydrogen (secondary N) is 2. The summed E-state index contributed by atoms with van der Waals surface area (Å²) in [5.41, 5.74) is 8.00. The van der Waals surface area contributed by atoms with Crippen LogP contribution in [-0.2, 0) is 14.3 Å². The summed E-state index contributed by atoms with van der Waals surface area (Å²) in [5.74, 6) is -0.0362. The highest BCUT2D eigenvalue weighted by molar-refractivity contribution is 5.96. The molecule has 0 spiro atoms. The molecule has 2 aliphatic rings. The van der Waals surface area contributed by atoms with Gasteiger partial charge >= 0.3 is 0 Å². The van der Waals surface area contributed by atoms with Gasteiger partial charge in [-0.2, -0.15) is 0 Å². The van der Waals surface area contributed by atoms with Crippen LogP contribution in [0.2, 0.25) is 0 Å². The van der Waals surface area contributed by atoms with Crippen LogP contribution < -0.4 is 16.4 Å². The number of benzene rings is 1. The van der Waals surface area contributed by atoms with Crippen molar-refractivity contribution >= 4 is 17.5 Å². The highest BCUT2D eigenvalue weighted by Crippen LogP contribution is 2.39. The summed E-state index contributed by atoms with van der Waals surface area (Å²) in [5, 5.41) is 6.16. The lowest BCUT2D eigenvalue weighted by Gasteiger charge is -2.36. The molecule has 4 N–H and O–H groups in total. The molecule has 3 rings (SSSR count). The second-order valence-corrected chi connectivity index (χ2v) is 8.52. The molecule has 0 atom stereocenters. The zero-order valence-corrected chi connectivity index (χ0v) is 17.1. The molecule has 0 radical (unpaired) electrons. The average molecular weight is 388 g/mol. The Hall–Kier alpha value is -1.92. The lowest BCUT2D eigenvalue weighted by Crippen LogP contribution is -2.52. The fraction of sp³-hybridized carbons (Fsp3) is 0.636.